The van der Waals surface area contributed by atoms with Crippen molar-refractivity contribution in [3.63, 3.8) is 0 Å². The van der Waals surface area contributed by atoms with Gasteiger partial charge in [0.05, 0.1) is 6.10 Å². The van der Waals surface area contributed by atoms with Gasteiger partial charge in [-0.3, -0.25) is 14.6 Å². The molecule has 1 aromatic heterocycles. The molecule has 3 rings (SSSR count). The SMILES string of the molecule is C[C@@H]1[C@@H]2[C@@H](O)[C@H]([C@H](C)C(=O)NCc3cccnc3)CC[C@]2(C)CC[C@@H]1NC(=O)CC(C)(C)C. The van der Waals surface area contributed by atoms with Gasteiger partial charge in [0.15, 0.2) is 0 Å². The highest BCUT2D eigenvalue weighted by atomic mass is 16.3. The van der Waals surface area contributed by atoms with Crippen molar-refractivity contribution in [1.82, 2.24) is 15.6 Å². The van der Waals surface area contributed by atoms with E-state index in [2.05, 4.69) is 50.2 Å². The van der Waals surface area contributed by atoms with Crippen molar-refractivity contribution in [2.45, 2.75) is 92.3 Å². The van der Waals surface area contributed by atoms with E-state index in [1.807, 2.05) is 19.1 Å². The molecule has 6 nitrogen and oxygen atoms in total. The number of pyridine rings is 1. The lowest BCUT2D eigenvalue weighted by molar-refractivity contribution is -0.144. The van der Waals surface area contributed by atoms with Gasteiger partial charge >= 0.3 is 0 Å². The molecule has 2 amide bonds. The molecule has 1 heterocycles. The van der Waals surface area contributed by atoms with E-state index < -0.39 is 6.10 Å². The zero-order valence-corrected chi connectivity index (χ0v) is 21.2. The number of carbonyl (C=O) groups is 2. The third-order valence-electron chi connectivity index (χ3n) is 8.17. The van der Waals surface area contributed by atoms with Crippen LogP contribution >= 0.6 is 0 Å². The molecule has 6 heteroatoms. The average molecular weight is 458 g/mol. The monoisotopic (exact) mass is 457 g/mol. The number of rotatable bonds is 6. The number of aliphatic hydroxyl groups excluding tert-OH is 1. The first-order valence-corrected chi connectivity index (χ1v) is 12.6. The van der Waals surface area contributed by atoms with Crippen LogP contribution in [0.5, 0.6) is 0 Å². The first-order chi connectivity index (χ1) is 15.4. The lowest BCUT2D eigenvalue weighted by Crippen LogP contribution is -2.58. The van der Waals surface area contributed by atoms with E-state index in [0.29, 0.717) is 13.0 Å². The highest BCUT2D eigenvalue weighted by Gasteiger charge is 2.53. The summed E-state index contributed by atoms with van der Waals surface area (Å²) in [6.45, 7) is 13.1. The number of aliphatic hydroxyl groups is 1. The third kappa shape index (κ3) is 6.14. The van der Waals surface area contributed by atoms with Crippen LogP contribution in [-0.2, 0) is 16.1 Å². The molecule has 0 radical (unpaired) electrons. The fourth-order valence-electron chi connectivity index (χ4n) is 6.28. The summed E-state index contributed by atoms with van der Waals surface area (Å²) in [7, 11) is 0. The summed E-state index contributed by atoms with van der Waals surface area (Å²) < 4.78 is 0. The van der Waals surface area contributed by atoms with E-state index in [-0.39, 0.29) is 52.4 Å². The summed E-state index contributed by atoms with van der Waals surface area (Å²) in [6.07, 6.45) is 7.21. The molecule has 0 spiro atoms. The number of aromatic nitrogens is 1. The molecule has 7 atom stereocenters. The van der Waals surface area contributed by atoms with E-state index >= 15 is 0 Å². The summed E-state index contributed by atoms with van der Waals surface area (Å²) in [6, 6.07) is 3.87. The molecule has 2 saturated carbocycles. The first-order valence-electron chi connectivity index (χ1n) is 12.6. The number of amides is 2. The fourth-order valence-corrected chi connectivity index (χ4v) is 6.28. The summed E-state index contributed by atoms with van der Waals surface area (Å²) in [5.74, 6) is -0.0553. The van der Waals surface area contributed by atoms with Crippen molar-refractivity contribution in [2.75, 3.05) is 0 Å². The van der Waals surface area contributed by atoms with Crippen LogP contribution in [-0.4, -0.2) is 34.1 Å². The van der Waals surface area contributed by atoms with Crippen molar-refractivity contribution in [3.05, 3.63) is 30.1 Å². The molecule has 2 fully saturated rings. The second kappa shape index (κ2) is 10.1. The molecular weight excluding hydrogens is 414 g/mol. The highest BCUT2D eigenvalue weighted by molar-refractivity contribution is 5.78. The van der Waals surface area contributed by atoms with Crippen molar-refractivity contribution >= 4 is 11.8 Å². The zero-order valence-electron chi connectivity index (χ0n) is 21.2. The largest absolute Gasteiger partial charge is 0.392 e. The van der Waals surface area contributed by atoms with E-state index in [1.54, 1.807) is 12.4 Å². The van der Waals surface area contributed by atoms with Crippen LogP contribution in [0.25, 0.3) is 0 Å². The van der Waals surface area contributed by atoms with Crippen LogP contribution in [0.4, 0.5) is 0 Å². The van der Waals surface area contributed by atoms with Gasteiger partial charge in [0.2, 0.25) is 11.8 Å². The molecule has 2 aliphatic rings. The molecule has 184 valence electrons. The Morgan fingerprint density at radius 2 is 1.97 bits per heavy atom. The van der Waals surface area contributed by atoms with Crippen LogP contribution in [0.3, 0.4) is 0 Å². The van der Waals surface area contributed by atoms with Crippen LogP contribution in [0.1, 0.15) is 79.2 Å². The highest BCUT2D eigenvalue weighted by Crippen LogP contribution is 2.55. The minimum absolute atomic E-state index is 0.0231. The van der Waals surface area contributed by atoms with Gasteiger partial charge in [0, 0.05) is 37.3 Å². The molecule has 2 aliphatic carbocycles. The molecule has 1 aromatic rings. The average Bonchev–Trinajstić information content (AvgIpc) is 2.73. The second-order valence-electron chi connectivity index (χ2n) is 12.0. The molecule has 3 N–H and O–H groups in total. The molecule has 0 unspecified atom stereocenters. The molecule has 0 saturated heterocycles. The number of hydrogen-bond acceptors (Lipinski definition) is 4. The number of nitrogens with zero attached hydrogens (tertiary/aromatic N) is 1. The van der Waals surface area contributed by atoms with E-state index in [9.17, 15) is 14.7 Å². The maximum Gasteiger partial charge on any atom is 0.223 e. The summed E-state index contributed by atoms with van der Waals surface area (Å²) in [5, 5.41) is 17.8. The van der Waals surface area contributed by atoms with Gasteiger partial charge < -0.3 is 15.7 Å². The maximum atomic E-state index is 12.9. The third-order valence-corrected chi connectivity index (χ3v) is 8.17. The van der Waals surface area contributed by atoms with Crippen LogP contribution in [0, 0.1) is 34.5 Å². The van der Waals surface area contributed by atoms with Crippen molar-refractivity contribution in [2.24, 2.45) is 34.5 Å². The van der Waals surface area contributed by atoms with Gasteiger partial charge in [-0.15, -0.1) is 0 Å². The number of nitrogens with one attached hydrogen (secondary N) is 2. The predicted molar refractivity (Wildman–Crippen MR) is 130 cm³/mol. The Morgan fingerprint density at radius 3 is 2.61 bits per heavy atom. The van der Waals surface area contributed by atoms with Crippen LogP contribution < -0.4 is 10.6 Å². The number of carbonyl (C=O) groups excluding carboxylic acids is 2. The fraction of sp³-hybridized carbons (Fsp3) is 0.741. The summed E-state index contributed by atoms with van der Waals surface area (Å²) in [5.41, 5.74) is 0.960. The zero-order chi connectivity index (χ0) is 24.4. The van der Waals surface area contributed by atoms with Gasteiger partial charge in [-0.25, -0.2) is 0 Å². The normalized spacial score (nSPS) is 33.0. The van der Waals surface area contributed by atoms with E-state index in [1.165, 1.54) is 0 Å². The van der Waals surface area contributed by atoms with Gasteiger partial charge in [-0.1, -0.05) is 47.6 Å². The topological polar surface area (TPSA) is 91.3 Å². The number of fused-ring (bicyclic) bond motifs is 1. The summed E-state index contributed by atoms with van der Waals surface area (Å²) in [4.78, 5) is 29.6. The van der Waals surface area contributed by atoms with Crippen molar-refractivity contribution in [1.29, 1.82) is 0 Å². The van der Waals surface area contributed by atoms with Gasteiger partial charge in [-0.2, -0.15) is 0 Å². The molecule has 0 bridgehead atoms. The Labute approximate surface area is 199 Å². The summed E-state index contributed by atoms with van der Waals surface area (Å²) >= 11 is 0. The lowest BCUT2D eigenvalue weighted by atomic mass is 9.51. The predicted octanol–water partition coefficient (Wildman–Crippen LogP) is 4.08. The standard InChI is InChI=1S/C27H43N3O3/c1-17(25(33)29-16-19-8-7-13-28-15-19)20-9-11-27(6)12-10-21(18(2)23(27)24(20)32)30-22(31)14-26(3,4)5/h7-8,13,15,17-18,20-21,23-24,32H,9-12,14,16H2,1-6H3,(H,29,33)(H,30,31)/t17-,18-,20-,21-,23+,24-,27+/m0/s1. The van der Waals surface area contributed by atoms with Gasteiger partial charge in [0.1, 0.15) is 0 Å². The quantitative estimate of drug-likeness (QED) is 0.600. The Morgan fingerprint density at radius 1 is 1.27 bits per heavy atom. The first kappa shape index (κ1) is 25.7. The van der Waals surface area contributed by atoms with E-state index in [4.69, 9.17) is 0 Å². The van der Waals surface area contributed by atoms with Gasteiger partial charge in [0.25, 0.3) is 0 Å². The second-order valence-corrected chi connectivity index (χ2v) is 12.0. The Bertz CT molecular complexity index is 822. The van der Waals surface area contributed by atoms with Crippen LogP contribution in [0.15, 0.2) is 24.5 Å². The maximum absolute atomic E-state index is 12.9. The van der Waals surface area contributed by atoms with Gasteiger partial charge in [-0.05, 0) is 65.9 Å². The van der Waals surface area contributed by atoms with E-state index in [0.717, 1.165) is 31.2 Å². The van der Waals surface area contributed by atoms with Crippen molar-refractivity contribution < 1.29 is 14.7 Å². The minimum Gasteiger partial charge on any atom is -0.392 e. The Kier molecular flexibility index (Phi) is 7.87. The number of hydrogen-bond donors (Lipinski definition) is 3. The Balaban J connectivity index is 1.65. The molecule has 33 heavy (non-hydrogen) atoms. The lowest BCUT2D eigenvalue weighted by Gasteiger charge is -2.56. The molecular formula is C27H43N3O3. The Hall–Kier alpha value is -1.95. The molecule has 0 aliphatic heterocycles. The molecule has 0 aromatic carbocycles. The van der Waals surface area contributed by atoms with Crippen molar-refractivity contribution in [3.8, 4) is 0 Å². The minimum atomic E-state index is -0.555. The smallest absolute Gasteiger partial charge is 0.223 e. The van der Waals surface area contributed by atoms with Crippen LogP contribution in [0.2, 0.25) is 0 Å².